The lowest BCUT2D eigenvalue weighted by molar-refractivity contribution is -0.144. The van der Waals surface area contributed by atoms with Gasteiger partial charge in [-0.25, -0.2) is 4.79 Å². The molecule has 35 heavy (non-hydrogen) atoms. The number of alkyl halides is 3. The molecule has 2 aliphatic heterocycles. The maximum Gasteiger partial charge on any atom is 0.416 e. The number of nitrogens with one attached hydrogen (secondary N) is 1. The van der Waals surface area contributed by atoms with Crippen LogP contribution in [0.3, 0.4) is 0 Å². The summed E-state index contributed by atoms with van der Waals surface area (Å²) in [6, 6.07) is 18.8. The molecule has 1 spiro atoms. The van der Waals surface area contributed by atoms with E-state index in [1.807, 2.05) is 48.5 Å². The number of β-lactam (4-membered cyclic amide) rings is 1. The number of carbonyl (C=O) groups excluding carboxylic acids is 2. The van der Waals surface area contributed by atoms with E-state index in [0.717, 1.165) is 23.5 Å². The first-order valence-electron chi connectivity index (χ1n) is 11.3. The topological polar surface area (TPSA) is 65.5 Å². The molecular formula is C26H23F3N4O2. The lowest BCUT2D eigenvalue weighted by Gasteiger charge is -2.58. The Morgan fingerprint density at radius 1 is 0.943 bits per heavy atom. The lowest BCUT2D eigenvalue weighted by atomic mass is 9.63. The fourth-order valence-corrected chi connectivity index (χ4v) is 5.00. The number of halogens is 3. The molecular weight excluding hydrogens is 457 g/mol. The first-order valence-corrected chi connectivity index (χ1v) is 11.3. The van der Waals surface area contributed by atoms with Crippen LogP contribution >= 0.6 is 0 Å². The highest BCUT2D eigenvalue weighted by molar-refractivity contribution is 6.06. The van der Waals surface area contributed by atoms with Gasteiger partial charge in [0, 0.05) is 30.7 Å². The molecule has 0 bridgehead atoms. The molecule has 9 heteroatoms. The Labute approximate surface area is 200 Å². The molecule has 3 heterocycles. The summed E-state index contributed by atoms with van der Waals surface area (Å²) in [5, 5.41) is 2.65. The van der Waals surface area contributed by atoms with E-state index in [-0.39, 0.29) is 17.6 Å². The van der Waals surface area contributed by atoms with Gasteiger partial charge in [0.15, 0.2) is 0 Å². The van der Waals surface area contributed by atoms with E-state index in [4.69, 9.17) is 0 Å². The quantitative estimate of drug-likeness (QED) is 0.504. The number of hydrogen-bond acceptors (Lipinski definition) is 3. The Morgan fingerprint density at radius 3 is 2.20 bits per heavy atom. The maximum absolute atomic E-state index is 13.5. The molecule has 1 unspecified atom stereocenters. The standard InChI is InChI=1S/C26H23F3N4O2/c27-26(28,29)18-9-11-19(12-10-18)31-24(35)32-16-13-25(14-17-32)22(21-8-4-5-15-30-21)33(23(25)34)20-6-2-1-3-7-20/h1-12,15,22H,13-14,16-17H2,(H,31,35). The number of carbonyl (C=O) groups is 2. The number of piperidine rings is 1. The van der Waals surface area contributed by atoms with Crippen LogP contribution < -0.4 is 10.2 Å². The van der Waals surface area contributed by atoms with Crippen molar-refractivity contribution in [3.8, 4) is 0 Å². The summed E-state index contributed by atoms with van der Waals surface area (Å²) in [6.45, 7) is 0.703. The average molecular weight is 480 g/mol. The smallest absolute Gasteiger partial charge is 0.324 e. The van der Waals surface area contributed by atoms with Crippen LogP contribution in [0.25, 0.3) is 0 Å². The van der Waals surface area contributed by atoms with Crippen molar-refractivity contribution in [3.05, 3.63) is 90.3 Å². The third-order valence-electron chi connectivity index (χ3n) is 6.84. The van der Waals surface area contributed by atoms with Crippen molar-refractivity contribution in [2.75, 3.05) is 23.3 Å². The summed E-state index contributed by atoms with van der Waals surface area (Å²) in [7, 11) is 0. The van der Waals surface area contributed by atoms with Crippen LogP contribution in [0.4, 0.5) is 29.3 Å². The zero-order chi connectivity index (χ0) is 24.6. The van der Waals surface area contributed by atoms with Gasteiger partial charge in [0.2, 0.25) is 5.91 Å². The lowest BCUT2D eigenvalue weighted by Crippen LogP contribution is -2.67. The number of nitrogens with zero attached hydrogens (tertiary/aromatic N) is 3. The van der Waals surface area contributed by atoms with Gasteiger partial charge in [0.05, 0.1) is 22.7 Å². The molecule has 5 rings (SSSR count). The zero-order valence-corrected chi connectivity index (χ0v) is 18.7. The second-order valence-electron chi connectivity index (χ2n) is 8.82. The Hall–Kier alpha value is -3.88. The van der Waals surface area contributed by atoms with E-state index in [0.29, 0.717) is 25.9 Å². The molecule has 3 aromatic rings. The van der Waals surface area contributed by atoms with Gasteiger partial charge in [0.25, 0.3) is 0 Å². The Bertz CT molecular complexity index is 1210. The van der Waals surface area contributed by atoms with Crippen LogP contribution in [0.1, 0.15) is 30.1 Å². The van der Waals surface area contributed by atoms with Gasteiger partial charge in [0.1, 0.15) is 0 Å². The first-order chi connectivity index (χ1) is 16.8. The number of rotatable bonds is 3. The highest BCUT2D eigenvalue weighted by Gasteiger charge is 2.62. The van der Waals surface area contributed by atoms with Crippen LogP contribution in [0.15, 0.2) is 79.0 Å². The summed E-state index contributed by atoms with van der Waals surface area (Å²) in [4.78, 5) is 34.2. The highest BCUT2D eigenvalue weighted by Crippen LogP contribution is 2.57. The summed E-state index contributed by atoms with van der Waals surface area (Å²) < 4.78 is 38.3. The van der Waals surface area contributed by atoms with Crippen molar-refractivity contribution in [1.29, 1.82) is 0 Å². The van der Waals surface area contributed by atoms with E-state index < -0.39 is 23.2 Å². The van der Waals surface area contributed by atoms with E-state index in [9.17, 15) is 22.8 Å². The van der Waals surface area contributed by atoms with E-state index in [2.05, 4.69) is 10.3 Å². The predicted molar refractivity (Wildman–Crippen MR) is 125 cm³/mol. The van der Waals surface area contributed by atoms with Crippen LogP contribution in [0, 0.1) is 5.41 Å². The van der Waals surface area contributed by atoms with Crippen LogP contribution in [-0.2, 0) is 11.0 Å². The van der Waals surface area contributed by atoms with Crippen molar-refractivity contribution < 1.29 is 22.8 Å². The molecule has 2 aliphatic rings. The molecule has 0 aliphatic carbocycles. The molecule has 0 saturated carbocycles. The summed E-state index contributed by atoms with van der Waals surface area (Å²) in [5.74, 6) is 0.0159. The summed E-state index contributed by atoms with van der Waals surface area (Å²) in [6.07, 6.45) is -1.79. The number of benzene rings is 2. The fraction of sp³-hybridized carbons (Fsp3) is 0.269. The zero-order valence-electron chi connectivity index (χ0n) is 18.7. The van der Waals surface area contributed by atoms with E-state index in [1.54, 1.807) is 16.0 Å². The number of para-hydroxylation sites is 1. The maximum atomic E-state index is 13.5. The third-order valence-corrected chi connectivity index (χ3v) is 6.84. The second kappa shape index (κ2) is 8.72. The van der Waals surface area contributed by atoms with Gasteiger partial charge in [-0.05, 0) is 61.4 Å². The van der Waals surface area contributed by atoms with Crippen LogP contribution in [0.2, 0.25) is 0 Å². The molecule has 2 fully saturated rings. The molecule has 180 valence electrons. The SMILES string of the molecule is O=C(Nc1ccc(C(F)(F)F)cc1)N1CCC2(CC1)C(=O)N(c1ccccc1)C2c1ccccn1. The molecule has 2 aromatic carbocycles. The number of pyridine rings is 1. The van der Waals surface area contributed by atoms with Crippen molar-refractivity contribution in [3.63, 3.8) is 0 Å². The largest absolute Gasteiger partial charge is 0.416 e. The number of amides is 3. The number of likely N-dealkylation sites (tertiary alicyclic amines) is 1. The predicted octanol–water partition coefficient (Wildman–Crippen LogP) is 5.50. The van der Waals surface area contributed by atoms with Crippen molar-refractivity contribution in [1.82, 2.24) is 9.88 Å². The van der Waals surface area contributed by atoms with Crippen LogP contribution in [0.5, 0.6) is 0 Å². The van der Waals surface area contributed by atoms with Crippen LogP contribution in [-0.4, -0.2) is 34.9 Å². The number of hydrogen-bond donors (Lipinski definition) is 1. The minimum absolute atomic E-state index is 0.0159. The molecule has 1 aromatic heterocycles. The molecule has 0 radical (unpaired) electrons. The second-order valence-corrected chi connectivity index (χ2v) is 8.82. The normalized spacial score (nSPS) is 19.4. The Balaban J connectivity index is 1.30. The molecule has 6 nitrogen and oxygen atoms in total. The van der Waals surface area contributed by atoms with Gasteiger partial charge < -0.3 is 15.1 Å². The molecule has 1 atom stereocenters. The van der Waals surface area contributed by atoms with Gasteiger partial charge >= 0.3 is 12.2 Å². The number of anilines is 2. The summed E-state index contributed by atoms with van der Waals surface area (Å²) in [5.41, 5.74) is 0.460. The van der Waals surface area contributed by atoms with Crippen molar-refractivity contribution in [2.45, 2.75) is 25.1 Å². The number of aromatic nitrogens is 1. The van der Waals surface area contributed by atoms with Crippen molar-refractivity contribution in [2.24, 2.45) is 5.41 Å². The Morgan fingerprint density at radius 2 is 1.60 bits per heavy atom. The minimum Gasteiger partial charge on any atom is -0.324 e. The molecule has 3 amide bonds. The van der Waals surface area contributed by atoms with E-state index in [1.165, 1.54) is 12.1 Å². The van der Waals surface area contributed by atoms with Crippen molar-refractivity contribution >= 4 is 23.3 Å². The highest BCUT2D eigenvalue weighted by atomic mass is 19.4. The van der Waals surface area contributed by atoms with Gasteiger partial charge in [-0.3, -0.25) is 9.78 Å². The first kappa shape index (κ1) is 22.9. The van der Waals surface area contributed by atoms with Gasteiger partial charge in [-0.15, -0.1) is 0 Å². The summed E-state index contributed by atoms with van der Waals surface area (Å²) >= 11 is 0. The van der Waals surface area contributed by atoms with Gasteiger partial charge in [-0.2, -0.15) is 13.2 Å². The monoisotopic (exact) mass is 480 g/mol. The molecule has 2 saturated heterocycles. The van der Waals surface area contributed by atoms with Gasteiger partial charge in [-0.1, -0.05) is 24.3 Å². The fourth-order valence-electron chi connectivity index (χ4n) is 5.00. The molecule has 1 N–H and O–H groups in total. The average Bonchev–Trinajstić information content (AvgIpc) is 2.87. The number of urea groups is 1. The minimum atomic E-state index is -4.43. The van der Waals surface area contributed by atoms with E-state index >= 15 is 0 Å². The third kappa shape index (κ3) is 4.11. The Kier molecular flexibility index (Phi) is 5.70.